The number of ether oxygens (including phenoxy) is 1. The summed E-state index contributed by atoms with van der Waals surface area (Å²) in [6, 6.07) is 15.9. The first-order valence-electron chi connectivity index (χ1n) is 6.42. The van der Waals surface area contributed by atoms with Crippen molar-refractivity contribution in [2.45, 2.75) is 6.61 Å². The zero-order valence-electron chi connectivity index (χ0n) is 11.0. The number of halogens is 2. The van der Waals surface area contributed by atoms with E-state index in [2.05, 4.69) is 15.9 Å². The molecule has 0 saturated heterocycles. The maximum atomic E-state index is 13.8. The predicted octanol–water partition coefficient (Wildman–Crippen LogP) is 5.03. The van der Waals surface area contributed by atoms with Gasteiger partial charge in [-0.1, -0.05) is 34.1 Å². The molecule has 3 aromatic carbocycles. The van der Waals surface area contributed by atoms with E-state index in [-0.39, 0.29) is 12.4 Å². The van der Waals surface area contributed by atoms with E-state index >= 15 is 0 Å². The van der Waals surface area contributed by atoms with Crippen LogP contribution in [0.1, 0.15) is 5.56 Å². The highest BCUT2D eigenvalue weighted by Crippen LogP contribution is 2.29. The molecule has 106 valence electrons. The zero-order chi connectivity index (χ0) is 14.8. The minimum Gasteiger partial charge on any atom is -0.454 e. The molecule has 0 aliphatic rings. The Balaban J connectivity index is 1.92. The van der Waals surface area contributed by atoms with Crippen LogP contribution in [0.3, 0.4) is 0 Å². The number of aliphatic hydroxyl groups is 1. The van der Waals surface area contributed by atoms with Gasteiger partial charge in [0.15, 0.2) is 11.6 Å². The van der Waals surface area contributed by atoms with Gasteiger partial charge in [-0.05, 0) is 52.7 Å². The summed E-state index contributed by atoms with van der Waals surface area (Å²) >= 11 is 3.43. The second-order valence-corrected chi connectivity index (χ2v) is 5.59. The van der Waals surface area contributed by atoms with Crippen molar-refractivity contribution >= 4 is 26.7 Å². The fourth-order valence-electron chi connectivity index (χ4n) is 2.11. The molecule has 1 N–H and O–H groups in total. The maximum Gasteiger partial charge on any atom is 0.166 e. The van der Waals surface area contributed by atoms with E-state index in [0.717, 1.165) is 15.2 Å². The van der Waals surface area contributed by atoms with E-state index in [0.29, 0.717) is 11.3 Å². The van der Waals surface area contributed by atoms with Crippen LogP contribution in [-0.4, -0.2) is 5.11 Å². The zero-order valence-corrected chi connectivity index (χ0v) is 12.6. The van der Waals surface area contributed by atoms with Crippen molar-refractivity contribution in [2.24, 2.45) is 0 Å². The number of benzene rings is 3. The number of aliphatic hydroxyl groups excluding tert-OH is 1. The van der Waals surface area contributed by atoms with E-state index in [1.807, 2.05) is 30.3 Å². The van der Waals surface area contributed by atoms with Crippen molar-refractivity contribution < 1.29 is 14.2 Å². The highest BCUT2D eigenvalue weighted by Gasteiger charge is 2.06. The van der Waals surface area contributed by atoms with E-state index in [1.54, 1.807) is 12.1 Å². The fraction of sp³-hybridized carbons (Fsp3) is 0.0588. The molecule has 0 saturated carbocycles. The summed E-state index contributed by atoms with van der Waals surface area (Å²) in [5.74, 6) is 0.224. The molecular formula is C17H12BrFO2. The Morgan fingerprint density at radius 3 is 2.48 bits per heavy atom. The first-order chi connectivity index (χ1) is 10.2. The molecule has 3 aromatic rings. The van der Waals surface area contributed by atoms with Gasteiger partial charge in [-0.3, -0.25) is 0 Å². The second kappa shape index (κ2) is 5.84. The SMILES string of the molecule is OCc1ccc(Oc2ccc3cc(Br)ccc3c2)c(F)c1. The highest BCUT2D eigenvalue weighted by molar-refractivity contribution is 9.10. The number of fused-ring (bicyclic) bond motifs is 1. The molecule has 21 heavy (non-hydrogen) atoms. The van der Waals surface area contributed by atoms with Gasteiger partial charge in [0.25, 0.3) is 0 Å². The highest BCUT2D eigenvalue weighted by atomic mass is 79.9. The monoisotopic (exact) mass is 346 g/mol. The smallest absolute Gasteiger partial charge is 0.166 e. The third kappa shape index (κ3) is 3.06. The van der Waals surface area contributed by atoms with Gasteiger partial charge in [-0.25, -0.2) is 4.39 Å². The Kier molecular flexibility index (Phi) is 3.90. The maximum absolute atomic E-state index is 13.8. The van der Waals surface area contributed by atoms with E-state index in [9.17, 15) is 4.39 Å². The molecule has 0 aliphatic carbocycles. The van der Waals surface area contributed by atoms with Gasteiger partial charge in [0.2, 0.25) is 0 Å². The average Bonchev–Trinajstić information content (AvgIpc) is 2.49. The van der Waals surface area contributed by atoms with Crippen molar-refractivity contribution in [1.29, 1.82) is 0 Å². The van der Waals surface area contributed by atoms with Crippen LogP contribution in [0.2, 0.25) is 0 Å². The van der Waals surface area contributed by atoms with E-state index in [1.165, 1.54) is 12.1 Å². The van der Waals surface area contributed by atoms with Crippen molar-refractivity contribution in [2.75, 3.05) is 0 Å². The number of rotatable bonds is 3. The van der Waals surface area contributed by atoms with Gasteiger partial charge in [-0.15, -0.1) is 0 Å². The van der Waals surface area contributed by atoms with Crippen LogP contribution in [0.5, 0.6) is 11.5 Å². The van der Waals surface area contributed by atoms with Crippen molar-refractivity contribution in [3.05, 3.63) is 70.5 Å². The van der Waals surface area contributed by atoms with Crippen molar-refractivity contribution in [3.63, 3.8) is 0 Å². The lowest BCUT2D eigenvalue weighted by molar-refractivity contribution is 0.281. The minimum atomic E-state index is -0.488. The molecular weight excluding hydrogens is 335 g/mol. The van der Waals surface area contributed by atoms with Crippen LogP contribution in [0.4, 0.5) is 4.39 Å². The number of hydrogen-bond donors (Lipinski definition) is 1. The largest absolute Gasteiger partial charge is 0.454 e. The lowest BCUT2D eigenvalue weighted by atomic mass is 10.1. The molecule has 0 unspecified atom stereocenters. The van der Waals surface area contributed by atoms with Crippen molar-refractivity contribution in [3.8, 4) is 11.5 Å². The lowest BCUT2D eigenvalue weighted by Crippen LogP contribution is -1.91. The Morgan fingerprint density at radius 2 is 1.71 bits per heavy atom. The molecule has 4 heteroatoms. The van der Waals surface area contributed by atoms with Crippen LogP contribution < -0.4 is 4.74 Å². The van der Waals surface area contributed by atoms with Crippen LogP contribution in [0.25, 0.3) is 10.8 Å². The Morgan fingerprint density at radius 1 is 0.952 bits per heavy atom. The predicted molar refractivity (Wildman–Crippen MR) is 84.0 cm³/mol. The summed E-state index contributed by atoms with van der Waals surface area (Å²) in [4.78, 5) is 0. The van der Waals surface area contributed by atoms with Gasteiger partial charge in [-0.2, -0.15) is 0 Å². The third-order valence-corrected chi connectivity index (χ3v) is 3.67. The molecule has 0 aromatic heterocycles. The van der Waals surface area contributed by atoms with Crippen LogP contribution in [0.15, 0.2) is 59.1 Å². The molecule has 3 rings (SSSR count). The third-order valence-electron chi connectivity index (χ3n) is 3.18. The molecule has 0 heterocycles. The Bertz CT molecular complexity index is 802. The average molecular weight is 347 g/mol. The molecule has 0 bridgehead atoms. The Hall–Kier alpha value is -1.91. The van der Waals surface area contributed by atoms with E-state index in [4.69, 9.17) is 9.84 Å². The van der Waals surface area contributed by atoms with Crippen LogP contribution in [0, 0.1) is 5.82 Å². The van der Waals surface area contributed by atoms with Crippen LogP contribution in [-0.2, 0) is 6.61 Å². The molecule has 0 atom stereocenters. The fourth-order valence-corrected chi connectivity index (χ4v) is 2.49. The topological polar surface area (TPSA) is 29.5 Å². The van der Waals surface area contributed by atoms with Gasteiger partial charge in [0, 0.05) is 4.47 Å². The molecule has 2 nitrogen and oxygen atoms in total. The minimum absolute atomic E-state index is 0.142. The first kappa shape index (κ1) is 14.0. The normalized spacial score (nSPS) is 10.8. The lowest BCUT2D eigenvalue weighted by Gasteiger charge is -2.09. The summed E-state index contributed by atoms with van der Waals surface area (Å²) in [5.41, 5.74) is 0.517. The summed E-state index contributed by atoms with van der Waals surface area (Å²) in [5, 5.41) is 11.1. The standard InChI is InChI=1S/C17H12BrFO2/c18-14-4-2-13-9-15(5-3-12(13)8-14)21-17-6-1-11(10-20)7-16(17)19/h1-9,20H,10H2. The summed E-state index contributed by atoms with van der Waals surface area (Å²) in [6.45, 7) is -0.192. The van der Waals surface area contributed by atoms with E-state index < -0.39 is 5.82 Å². The van der Waals surface area contributed by atoms with Gasteiger partial charge in [0.05, 0.1) is 6.61 Å². The number of hydrogen-bond acceptors (Lipinski definition) is 2. The molecule has 0 radical (unpaired) electrons. The Labute approximate surface area is 129 Å². The first-order valence-corrected chi connectivity index (χ1v) is 7.21. The molecule has 0 amide bonds. The van der Waals surface area contributed by atoms with Gasteiger partial charge < -0.3 is 9.84 Å². The summed E-state index contributed by atoms with van der Waals surface area (Å²) < 4.78 is 20.4. The molecule has 0 spiro atoms. The quantitative estimate of drug-likeness (QED) is 0.720. The molecule has 0 aliphatic heterocycles. The molecule has 0 fully saturated rings. The second-order valence-electron chi connectivity index (χ2n) is 4.68. The van der Waals surface area contributed by atoms with Crippen LogP contribution >= 0.6 is 15.9 Å². The summed E-state index contributed by atoms with van der Waals surface area (Å²) in [7, 11) is 0. The van der Waals surface area contributed by atoms with Gasteiger partial charge in [0.1, 0.15) is 5.75 Å². The van der Waals surface area contributed by atoms with Crippen molar-refractivity contribution in [1.82, 2.24) is 0 Å². The summed E-state index contributed by atoms with van der Waals surface area (Å²) in [6.07, 6.45) is 0. The van der Waals surface area contributed by atoms with Gasteiger partial charge >= 0.3 is 0 Å².